The molecule has 1 saturated carbocycles. The number of anilines is 1. The van der Waals surface area contributed by atoms with Gasteiger partial charge >= 0.3 is 0 Å². The molecule has 2 nitrogen and oxygen atoms in total. The van der Waals surface area contributed by atoms with E-state index in [4.69, 9.17) is 4.74 Å². The average Bonchev–Trinajstić information content (AvgIpc) is 2.37. The Morgan fingerprint density at radius 2 is 2.11 bits per heavy atom. The standard InChI is InChI=1S/C16H24FNO/c1-4-19-16-10-13(17)7-8-14(16)18-15-9-11(2)5-6-12(15)3/h7-8,10-12,15,18H,4-6,9H2,1-3H3. The van der Waals surface area contributed by atoms with Gasteiger partial charge in [0, 0.05) is 12.1 Å². The molecule has 0 aliphatic heterocycles. The van der Waals surface area contributed by atoms with Crippen LogP contribution in [0.1, 0.15) is 40.0 Å². The summed E-state index contributed by atoms with van der Waals surface area (Å²) in [4.78, 5) is 0. The van der Waals surface area contributed by atoms with Crippen LogP contribution in [-0.2, 0) is 0 Å². The van der Waals surface area contributed by atoms with Crippen molar-refractivity contribution >= 4 is 5.69 Å². The van der Waals surface area contributed by atoms with Gasteiger partial charge in [0.15, 0.2) is 0 Å². The van der Waals surface area contributed by atoms with Crippen LogP contribution in [-0.4, -0.2) is 12.6 Å². The molecule has 1 aromatic carbocycles. The lowest BCUT2D eigenvalue weighted by molar-refractivity contribution is 0.279. The molecule has 2 rings (SSSR count). The minimum atomic E-state index is -0.251. The third kappa shape index (κ3) is 3.62. The number of ether oxygens (including phenoxy) is 1. The molecule has 0 bridgehead atoms. The fourth-order valence-corrected chi connectivity index (χ4v) is 2.82. The minimum absolute atomic E-state index is 0.251. The second kappa shape index (κ2) is 6.27. The molecule has 3 heteroatoms. The van der Waals surface area contributed by atoms with Crippen LogP contribution in [0.3, 0.4) is 0 Å². The summed E-state index contributed by atoms with van der Waals surface area (Å²) in [7, 11) is 0. The highest BCUT2D eigenvalue weighted by molar-refractivity contribution is 5.57. The summed E-state index contributed by atoms with van der Waals surface area (Å²) in [5.41, 5.74) is 0.911. The molecule has 3 unspecified atom stereocenters. The number of hydrogen-bond donors (Lipinski definition) is 1. The van der Waals surface area contributed by atoms with Crippen molar-refractivity contribution in [1.29, 1.82) is 0 Å². The molecule has 1 fully saturated rings. The summed E-state index contributed by atoms with van der Waals surface area (Å²) in [6.07, 6.45) is 3.73. The zero-order chi connectivity index (χ0) is 13.8. The van der Waals surface area contributed by atoms with Gasteiger partial charge < -0.3 is 10.1 Å². The lowest BCUT2D eigenvalue weighted by atomic mass is 9.80. The summed E-state index contributed by atoms with van der Waals surface area (Å²) in [6, 6.07) is 5.19. The van der Waals surface area contributed by atoms with E-state index < -0.39 is 0 Å². The van der Waals surface area contributed by atoms with Crippen molar-refractivity contribution in [1.82, 2.24) is 0 Å². The highest BCUT2D eigenvalue weighted by Crippen LogP contribution is 2.33. The smallest absolute Gasteiger partial charge is 0.145 e. The first-order valence-electron chi connectivity index (χ1n) is 7.29. The molecule has 0 amide bonds. The van der Waals surface area contributed by atoms with Crippen LogP contribution in [0.15, 0.2) is 18.2 Å². The van der Waals surface area contributed by atoms with Gasteiger partial charge in [0.25, 0.3) is 0 Å². The summed E-state index contributed by atoms with van der Waals surface area (Å²) >= 11 is 0. The zero-order valence-electron chi connectivity index (χ0n) is 12.1. The van der Waals surface area contributed by atoms with Gasteiger partial charge in [-0.1, -0.05) is 20.3 Å². The fourth-order valence-electron chi connectivity index (χ4n) is 2.82. The molecule has 0 aromatic heterocycles. The molecule has 1 N–H and O–H groups in total. The second-order valence-corrected chi connectivity index (χ2v) is 5.72. The maximum atomic E-state index is 13.3. The highest BCUT2D eigenvalue weighted by atomic mass is 19.1. The van der Waals surface area contributed by atoms with Crippen LogP contribution >= 0.6 is 0 Å². The van der Waals surface area contributed by atoms with Gasteiger partial charge in [0.1, 0.15) is 11.6 Å². The molecule has 1 aliphatic carbocycles. The third-order valence-electron chi connectivity index (χ3n) is 4.04. The first-order chi connectivity index (χ1) is 9.10. The largest absolute Gasteiger partial charge is 0.492 e. The van der Waals surface area contributed by atoms with Crippen molar-refractivity contribution in [2.24, 2.45) is 11.8 Å². The van der Waals surface area contributed by atoms with E-state index in [1.54, 1.807) is 6.07 Å². The predicted octanol–water partition coefficient (Wildman–Crippen LogP) is 4.46. The Morgan fingerprint density at radius 3 is 2.84 bits per heavy atom. The van der Waals surface area contributed by atoms with Crippen molar-refractivity contribution in [3.63, 3.8) is 0 Å². The molecule has 0 heterocycles. The minimum Gasteiger partial charge on any atom is -0.492 e. The predicted molar refractivity (Wildman–Crippen MR) is 77.2 cm³/mol. The van der Waals surface area contributed by atoms with Gasteiger partial charge in [-0.2, -0.15) is 0 Å². The van der Waals surface area contributed by atoms with E-state index in [0.29, 0.717) is 24.3 Å². The van der Waals surface area contributed by atoms with Gasteiger partial charge in [-0.05, 0) is 43.7 Å². The van der Waals surface area contributed by atoms with Crippen LogP contribution in [0.4, 0.5) is 10.1 Å². The Hall–Kier alpha value is -1.25. The van der Waals surface area contributed by atoms with Gasteiger partial charge in [-0.3, -0.25) is 0 Å². The van der Waals surface area contributed by atoms with Gasteiger partial charge in [0.05, 0.1) is 12.3 Å². The molecule has 0 saturated heterocycles. The Balaban J connectivity index is 2.13. The molecule has 19 heavy (non-hydrogen) atoms. The van der Waals surface area contributed by atoms with E-state index >= 15 is 0 Å². The van der Waals surface area contributed by atoms with Gasteiger partial charge in [-0.15, -0.1) is 0 Å². The summed E-state index contributed by atoms with van der Waals surface area (Å²) in [5.74, 6) is 1.77. The van der Waals surface area contributed by atoms with E-state index in [0.717, 1.165) is 11.6 Å². The maximum absolute atomic E-state index is 13.3. The molecule has 1 aromatic rings. The molecule has 3 atom stereocenters. The van der Waals surface area contributed by atoms with Crippen LogP contribution in [0.2, 0.25) is 0 Å². The lowest BCUT2D eigenvalue weighted by Gasteiger charge is -2.34. The van der Waals surface area contributed by atoms with Gasteiger partial charge in [0.2, 0.25) is 0 Å². The SMILES string of the molecule is CCOc1cc(F)ccc1NC1CC(C)CCC1C. The van der Waals surface area contributed by atoms with Crippen LogP contribution in [0.5, 0.6) is 5.75 Å². The van der Waals surface area contributed by atoms with E-state index in [1.165, 1.54) is 31.4 Å². The normalized spacial score (nSPS) is 27.1. The molecule has 106 valence electrons. The Bertz CT molecular complexity index is 421. The number of halogens is 1. The fraction of sp³-hybridized carbons (Fsp3) is 0.625. The molecule has 1 aliphatic rings. The van der Waals surface area contributed by atoms with Crippen LogP contribution in [0.25, 0.3) is 0 Å². The van der Waals surface area contributed by atoms with Crippen LogP contribution < -0.4 is 10.1 Å². The Labute approximate surface area is 115 Å². The Morgan fingerprint density at radius 1 is 1.32 bits per heavy atom. The van der Waals surface area contributed by atoms with E-state index in [-0.39, 0.29) is 5.82 Å². The van der Waals surface area contributed by atoms with E-state index in [1.807, 2.05) is 6.92 Å². The maximum Gasteiger partial charge on any atom is 0.145 e. The quantitative estimate of drug-likeness (QED) is 0.867. The zero-order valence-corrected chi connectivity index (χ0v) is 12.1. The van der Waals surface area contributed by atoms with Crippen LogP contribution in [0, 0.1) is 17.7 Å². The molecule has 0 spiro atoms. The molecular formula is C16H24FNO. The summed E-state index contributed by atoms with van der Waals surface area (Å²) in [5, 5.41) is 3.55. The van der Waals surface area contributed by atoms with Crippen molar-refractivity contribution in [2.75, 3.05) is 11.9 Å². The lowest BCUT2D eigenvalue weighted by Crippen LogP contribution is -2.33. The van der Waals surface area contributed by atoms with Crippen molar-refractivity contribution in [3.8, 4) is 5.75 Å². The first kappa shape index (κ1) is 14.2. The molecular weight excluding hydrogens is 241 g/mol. The number of nitrogens with one attached hydrogen (secondary N) is 1. The number of benzene rings is 1. The summed E-state index contributed by atoms with van der Waals surface area (Å²) < 4.78 is 18.8. The number of rotatable bonds is 4. The first-order valence-corrected chi connectivity index (χ1v) is 7.29. The van der Waals surface area contributed by atoms with Crippen molar-refractivity contribution < 1.29 is 9.13 Å². The molecule has 0 radical (unpaired) electrons. The van der Waals surface area contributed by atoms with Crippen molar-refractivity contribution in [2.45, 2.75) is 46.1 Å². The van der Waals surface area contributed by atoms with E-state index in [2.05, 4.69) is 19.2 Å². The number of hydrogen-bond acceptors (Lipinski definition) is 2. The van der Waals surface area contributed by atoms with Crippen molar-refractivity contribution in [3.05, 3.63) is 24.0 Å². The summed E-state index contributed by atoms with van der Waals surface area (Å²) in [6.45, 7) is 7.05. The highest BCUT2D eigenvalue weighted by Gasteiger charge is 2.26. The van der Waals surface area contributed by atoms with Gasteiger partial charge in [-0.25, -0.2) is 4.39 Å². The average molecular weight is 265 g/mol. The third-order valence-corrected chi connectivity index (χ3v) is 4.04. The topological polar surface area (TPSA) is 21.3 Å². The monoisotopic (exact) mass is 265 g/mol. The Kier molecular flexibility index (Phi) is 4.67. The van der Waals surface area contributed by atoms with E-state index in [9.17, 15) is 4.39 Å². The second-order valence-electron chi connectivity index (χ2n) is 5.72.